The summed E-state index contributed by atoms with van der Waals surface area (Å²) in [7, 11) is 0. The largest absolute Gasteiger partial charge is 0.262 e. The number of hydrogen-bond acceptors (Lipinski definition) is 2. The lowest BCUT2D eigenvalue weighted by atomic mass is 10.1. The van der Waals surface area contributed by atoms with Crippen molar-refractivity contribution in [3.63, 3.8) is 0 Å². The van der Waals surface area contributed by atoms with Crippen molar-refractivity contribution < 1.29 is 0 Å². The van der Waals surface area contributed by atoms with E-state index >= 15 is 0 Å². The van der Waals surface area contributed by atoms with E-state index in [9.17, 15) is 0 Å². The summed E-state index contributed by atoms with van der Waals surface area (Å²) in [6.45, 7) is 2.15. The Bertz CT molecular complexity index is 390. The van der Waals surface area contributed by atoms with Gasteiger partial charge in [-0.3, -0.25) is 9.97 Å². The summed E-state index contributed by atoms with van der Waals surface area (Å²) in [6, 6.07) is 4.07. The molecule has 0 atom stereocenters. The minimum absolute atomic E-state index is 0.983. The van der Waals surface area contributed by atoms with E-state index in [4.69, 9.17) is 0 Å². The lowest BCUT2D eigenvalue weighted by Gasteiger charge is -2.00. The van der Waals surface area contributed by atoms with Crippen molar-refractivity contribution in [3.05, 3.63) is 36.3 Å². The number of pyridine rings is 2. The third-order valence-electron chi connectivity index (χ3n) is 2.02. The smallest absolute Gasteiger partial charge is 0.0887 e. The van der Waals surface area contributed by atoms with Crippen molar-refractivity contribution in [3.8, 4) is 0 Å². The van der Waals surface area contributed by atoms with Crippen molar-refractivity contribution in [2.75, 3.05) is 0 Å². The first-order chi connectivity index (χ1) is 5.92. The topological polar surface area (TPSA) is 25.8 Å². The van der Waals surface area contributed by atoms with Gasteiger partial charge in [-0.15, -0.1) is 0 Å². The summed E-state index contributed by atoms with van der Waals surface area (Å²) in [5.41, 5.74) is 2.32. The van der Waals surface area contributed by atoms with E-state index in [2.05, 4.69) is 23.0 Å². The SMILES string of the molecule is CCc1ccnc2cnccc12. The molecule has 0 amide bonds. The van der Waals surface area contributed by atoms with Crippen LogP contribution in [0.4, 0.5) is 0 Å². The molecular formula is C10H10N2. The number of fused-ring (bicyclic) bond motifs is 1. The van der Waals surface area contributed by atoms with E-state index in [0.717, 1.165) is 11.9 Å². The fourth-order valence-electron chi connectivity index (χ4n) is 1.37. The van der Waals surface area contributed by atoms with Gasteiger partial charge in [0.15, 0.2) is 0 Å². The lowest BCUT2D eigenvalue weighted by Crippen LogP contribution is -1.86. The van der Waals surface area contributed by atoms with Gasteiger partial charge in [0.05, 0.1) is 11.7 Å². The van der Waals surface area contributed by atoms with Crippen molar-refractivity contribution in [2.45, 2.75) is 13.3 Å². The first-order valence-electron chi connectivity index (χ1n) is 4.09. The molecule has 12 heavy (non-hydrogen) atoms. The maximum atomic E-state index is 4.23. The Morgan fingerprint density at radius 2 is 2.17 bits per heavy atom. The van der Waals surface area contributed by atoms with E-state index in [1.54, 1.807) is 6.20 Å². The predicted octanol–water partition coefficient (Wildman–Crippen LogP) is 2.19. The highest BCUT2D eigenvalue weighted by atomic mass is 14.7. The van der Waals surface area contributed by atoms with Crippen LogP contribution in [0.3, 0.4) is 0 Å². The molecule has 0 unspecified atom stereocenters. The normalized spacial score (nSPS) is 10.4. The van der Waals surface area contributed by atoms with Crippen LogP contribution in [0.25, 0.3) is 10.9 Å². The molecule has 2 aromatic rings. The van der Waals surface area contributed by atoms with Gasteiger partial charge in [0.1, 0.15) is 0 Å². The van der Waals surface area contributed by atoms with Gasteiger partial charge in [0, 0.05) is 17.8 Å². The maximum absolute atomic E-state index is 4.23. The standard InChI is InChI=1S/C10H10N2/c1-2-8-3-6-12-10-7-11-5-4-9(8)10/h3-7H,2H2,1H3. The second kappa shape index (κ2) is 2.89. The fraction of sp³-hybridized carbons (Fsp3) is 0.200. The van der Waals surface area contributed by atoms with Crippen LogP contribution in [0, 0.1) is 0 Å². The van der Waals surface area contributed by atoms with Gasteiger partial charge >= 0.3 is 0 Å². The van der Waals surface area contributed by atoms with Crippen molar-refractivity contribution in [1.82, 2.24) is 9.97 Å². The Hall–Kier alpha value is -1.44. The minimum atomic E-state index is 0.983. The van der Waals surface area contributed by atoms with Gasteiger partial charge in [-0.05, 0) is 24.1 Å². The molecule has 2 heterocycles. The average Bonchev–Trinajstić information content (AvgIpc) is 2.17. The molecule has 0 bridgehead atoms. The Morgan fingerprint density at radius 3 is 3.00 bits per heavy atom. The van der Waals surface area contributed by atoms with Crippen molar-refractivity contribution in [2.24, 2.45) is 0 Å². The molecule has 2 rings (SSSR count). The van der Waals surface area contributed by atoms with Crippen LogP contribution in [-0.2, 0) is 6.42 Å². The summed E-state index contributed by atoms with van der Waals surface area (Å²) in [5.74, 6) is 0. The van der Waals surface area contributed by atoms with Crippen molar-refractivity contribution >= 4 is 10.9 Å². The highest BCUT2D eigenvalue weighted by Crippen LogP contribution is 2.14. The summed E-state index contributed by atoms with van der Waals surface area (Å²) in [5, 5.41) is 1.22. The van der Waals surface area contributed by atoms with Crippen LogP contribution in [0.1, 0.15) is 12.5 Å². The number of aryl methyl sites for hydroxylation is 1. The van der Waals surface area contributed by atoms with Gasteiger partial charge in [-0.25, -0.2) is 0 Å². The van der Waals surface area contributed by atoms with Crippen LogP contribution in [0.15, 0.2) is 30.7 Å². The average molecular weight is 158 g/mol. The highest BCUT2D eigenvalue weighted by Gasteiger charge is 1.97. The molecule has 0 saturated heterocycles. The Morgan fingerprint density at radius 1 is 1.25 bits per heavy atom. The predicted molar refractivity (Wildman–Crippen MR) is 48.9 cm³/mol. The Kier molecular flexibility index (Phi) is 1.74. The van der Waals surface area contributed by atoms with E-state index in [-0.39, 0.29) is 0 Å². The molecule has 0 radical (unpaired) electrons. The summed E-state index contributed by atoms with van der Waals surface area (Å²) >= 11 is 0. The van der Waals surface area contributed by atoms with Crippen LogP contribution in [0.5, 0.6) is 0 Å². The van der Waals surface area contributed by atoms with Gasteiger partial charge in [-0.1, -0.05) is 6.92 Å². The van der Waals surface area contributed by atoms with E-state index in [0.29, 0.717) is 0 Å². The second-order valence-electron chi connectivity index (χ2n) is 2.72. The van der Waals surface area contributed by atoms with Crippen LogP contribution in [-0.4, -0.2) is 9.97 Å². The molecule has 2 heteroatoms. The highest BCUT2D eigenvalue weighted by molar-refractivity contribution is 5.80. The first kappa shape index (κ1) is 7.22. The Balaban J connectivity index is 2.79. The minimum Gasteiger partial charge on any atom is -0.262 e. The third-order valence-corrected chi connectivity index (χ3v) is 2.02. The molecule has 0 aliphatic rings. The van der Waals surface area contributed by atoms with E-state index in [1.807, 2.05) is 18.5 Å². The molecule has 0 N–H and O–H groups in total. The molecule has 0 aliphatic carbocycles. The molecule has 60 valence electrons. The molecule has 0 spiro atoms. The quantitative estimate of drug-likeness (QED) is 0.635. The molecule has 0 aliphatic heterocycles. The molecule has 0 aromatic carbocycles. The van der Waals surface area contributed by atoms with Gasteiger partial charge in [-0.2, -0.15) is 0 Å². The van der Waals surface area contributed by atoms with Crippen LogP contribution >= 0.6 is 0 Å². The zero-order chi connectivity index (χ0) is 8.39. The number of rotatable bonds is 1. The van der Waals surface area contributed by atoms with Crippen molar-refractivity contribution in [1.29, 1.82) is 0 Å². The van der Waals surface area contributed by atoms with Gasteiger partial charge in [0.25, 0.3) is 0 Å². The fourth-order valence-corrected chi connectivity index (χ4v) is 1.37. The molecule has 0 saturated carbocycles. The summed E-state index contributed by atoms with van der Waals surface area (Å²) in [6.07, 6.45) is 6.49. The number of hydrogen-bond donors (Lipinski definition) is 0. The zero-order valence-electron chi connectivity index (χ0n) is 6.99. The molecule has 2 aromatic heterocycles. The third kappa shape index (κ3) is 1.05. The monoisotopic (exact) mass is 158 g/mol. The number of nitrogens with zero attached hydrogens (tertiary/aromatic N) is 2. The summed E-state index contributed by atoms with van der Waals surface area (Å²) < 4.78 is 0. The zero-order valence-corrected chi connectivity index (χ0v) is 6.99. The van der Waals surface area contributed by atoms with E-state index < -0.39 is 0 Å². The van der Waals surface area contributed by atoms with Crippen LogP contribution < -0.4 is 0 Å². The maximum Gasteiger partial charge on any atom is 0.0887 e. The Labute approximate surface area is 71.3 Å². The lowest BCUT2D eigenvalue weighted by molar-refractivity contribution is 1.14. The first-order valence-corrected chi connectivity index (χ1v) is 4.09. The second-order valence-corrected chi connectivity index (χ2v) is 2.72. The van der Waals surface area contributed by atoms with Crippen LogP contribution in [0.2, 0.25) is 0 Å². The molecule has 2 nitrogen and oxygen atoms in total. The summed E-state index contributed by atoms with van der Waals surface area (Å²) in [4.78, 5) is 8.25. The van der Waals surface area contributed by atoms with E-state index in [1.165, 1.54) is 10.9 Å². The molecular weight excluding hydrogens is 148 g/mol. The number of aromatic nitrogens is 2. The van der Waals surface area contributed by atoms with Gasteiger partial charge < -0.3 is 0 Å². The molecule has 0 fully saturated rings. The van der Waals surface area contributed by atoms with Gasteiger partial charge in [0.2, 0.25) is 0 Å².